The van der Waals surface area contributed by atoms with Crippen LogP contribution in [-0.2, 0) is 6.42 Å². The van der Waals surface area contributed by atoms with Gasteiger partial charge in [0.05, 0.1) is 11.3 Å². The molecule has 2 N–H and O–H groups in total. The Labute approximate surface area is 121 Å². The van der Waals surface area contributed by atoms with E-state index in [0.29, 0.717) is 11.4 Å². The summed E-state index contributed by atoms with van der Waals surface area (Å²) >= 11 is 3.49. The number of halogens is 1. The fourth-order valence-electron chi connectivity index (χ4n) is 2.34. The second-order valence-electron chi connectivity index (χ2n) is 4.54. The molecule has 0 saturated heterocycles. The summed E-state index contributed by atoms with van der Waals surface area (Å²) in [5.41, 5.74) is 10.9. The molecule has 0 atom stereocenters. The summed E-state index contributed by atoms with van der Waals surface area (Å²) in [4.78, 5) is 0. The summed E-state index contributed by atoms with van der Waals surface area (Å²) in [5, 5.41) is 9.20. The predicted octanol–water partition coefficient (Wildman–Crippen LogP) is 3.87. The van der Waals surface area contributed by atoms with Gasteiger partial charge in [-0.3, -0.25) is 4.57 Å². The Kier molecular flexibility index (Phi) is 3.68. The maximum absolute atomic E-state index is 9.20. The first-order valence-corrected chi connectivity index (χ1v) is 6.96. The fourth-order valence-corrected chi connectivity index (χ4v) is 2.75. The van der Waals surface area contributed by atoms with Gasteiger partial charge in [-0.25, -0.2) is 0 Å². The van der Waals surface area contributed by atoms with Crippen LogP contribution in [0.5, 0.6) is 0 Å². The van der Waals surface area contributed by atoms with Crippen LogP contribution in [0.2, 0.25) is 0 Å². The molecule has 0 aliphatic carbocycles. The number of hydrogen-bond acceptors (Lipinski definition) is 2. The maximum Gasteiger partial charge on any atom is 0.126 e. The Morgan fingerprint density at radius 2 is 2.05 bits per heavy atom. The first-order chi connectivity index (χ1) is 9.01. The lowest BCUT2D eigenvalue weighted by atomic mass is 10.1. The molecule has 0 fully saturated rings. The van der Waals surface area contributed by atoms with Crippen LogP contribution >= 0.6 is 15.9 Å². The second-order valence-corrected chi connectivity index (χ2v) is 5.46. The number of aryl methyl sites for hydroxylation is 1. The van der Waals surface area contributed by atoms with Gasteiger partial charge in [0.25, 0.3) is 0 Å². The lowest BCUT2D eigenvalue weighted by molar-refractivity contribution is 0.976. The van der Waals surface area contributed by atoms with Crippen molar-refractivity contribution in [3.8, 4) is 11.8 Å². The molecule has 1 aromatic heterocycles. The number of hydrogen-bond donors (Lipinski definition) is 1. The van der Waals surface area contributed by atoms with Gasteiger partial charge in [-0.1, -0.05) is 22.9 Å². The van der Waals surface area contributed by atoms with E-state index in [1.165, 1.54) is 5.56 Å². The Hall–Kier alpha value is -1.73. The summed E-state index contributed by atoms with van der Waals surface area (Å²) in [6.07, 6.45) is 0.909. The van der Waals surface area contributed by atoms with Crippen LogP contribution in [0.25, 0.3) is 5.69 Å². The maximum atomic E-state index is 9.20. The highest BCUT2D eigenvalue weighted by Crippen LogP contribution is 2.30. The van der Waals surface area contributed by atoms with Gasteiger partial charge >= 0.3 is 0 Å². The van der Waals surface area contributed by atoms with Crippen LogP contribution in [0.3, 0.4) is 0 Å². The van der Waals surface area contributed by atoms with Crippen LogP contribution in [0, 0.1) is 25.2 Å². The Balaban J connectivity index is 2.77. The molecule has 0 aliphatic heterocycles. The molecule has 0 bridgehead atoms. The molecule has 2 aromatic rings. The van der Waals surface area contributed by atoms with Crippen molar-refractivity contribution in [3.63, 3.8) is 0 Å². The summed E-state index contributed by atoms with van der Waals surface area (Å²) < 4.78 is 3.02. The van der Waals surface area contributed by atoms with Crippen LogP contribution < -0.4 is 5.73 Å². The standard InChI is InChI=1S/C15H16BrN3/c1-4-11-7-12(16)5-6-14(11)19-10(3)9(2)13(8-17)15(19)18/h5-7H,4,18H2,1-3H3. The Morgan fingerprint density at radius 3 is 2.58 bits per heavy atom. The van der Waals surface area contributed by atoms with E-state index >= 15 is 0 Å². The normalized spacial score (nSPS) is 10.5. The van der Waals surface area contributed by atoms with E-state index in [1.807, 2.05) is 30.5 Å². The van der Waals surface area contributed by atoms with Crippen molar-refractivity contribution in [1.29, 1.82) is 5.26 Å². The molecule has 2 rings (SSSR count). The van der Waals surface area contributed by atoms with Crippen molar-refractivity contribution in [2.45, 2.75) is 27.2 Å². The van der Waals surface area contributed by atoms with Crippen LogP contribution in [0.1, 0.15) is 29.3 Å². The molecule has 19 heavy (non-hydrogen) atoms. The minimum atomic E-state index is 0.523. The van der Waals surface area contributed by atoms with Crippen molar-refractivity contribution in [3.05, 3.63) is 45.1 Å². The number of aromatic nitrogens is 1. The van der Waals surface area contributed by atoms with Gasteiger partial charge in [0.15, 0.2) is 0 Å². The number of nitrogen functional groups attached to an aromatic ring is 1. The molecular weight excluding hydrogens is 302 g/mol. The first kappa shape index (κ1) is 13.7. The summed E-state index contributed by atoms with van der Waals surface area (Å²) in [6, 6.07) is 8.31. The van der Waals surface area contributed by atoms with Crippen molar-refractivity contribution in [2.24, 2.45) is 0 Å². The highest BCUT2D eigenvalue weighted by Gasteiger charge is 2.17. The summed E-state index contributed by atoms with van der Waals surface area (Å²) in [6.45, 7) is 6.04. The van der Waals surface area contributed by atoms with E-state index in [1.54, 1.807) is 0 Å². The third-order valence-corrected chi connectivity index (χ3v) is 4.02. The van der Waals surface area contributed by atoms with Crippen molar-refractivity contribution in [1.82, 2.24) is 4.57 Å². The Bertz CT molecular complexity index is 678. The van der Waals surface area contributed by atoms with Crippen LogP contribution in [0.15, 0.2) is 22.7 Å². The predicted molar refractivity (Wildman–Crippen MR) is 81.4 cm³/mol. The fraction of sp³-hybridized carbons (Fsp3) is 0.267. The van der Waals surface area contributed by atoms with E-state index in [-0.39, 0.29) is 0 Å². The monoisotopic (exact) mass is 317 g/mol. The van der Waals surface area contributed by atoms with Crippen molar-refractivity contribution >= 4 is 21.7 Å². The number of benzene rings is 1. The van der Waals surface area contributed by atoms with Crippen LogP contribution in [-0.4, -0.2) is 4.57 Å². The topological polar surface area (TPSA) is 54.7 Å². The highest BCUT2D eigenvalue weighted by atomic mass is 79.9. The van der Waals surface area contributed by atoms with E-state index in [2.05, 4.69) is 35.0 Å². The zero-order valence-corrected chi connectivity index (χ0v) is 12.9. The van der Waals surface area contributed by atoms with Gasteiger partial charge in [0.1, 0.15) is 11.9 Å². The average Bonchev–Trinajstić information content (AvgIpc) is 2.61. The molecule has 0 unspecified atom stereocenters. The van der Waals surface area contributed by atoms with Gasteiger partial charge in [-0.05, 0) is 49.6 Å². The van der Waals surface area contributed by atoms with E-state index in [9.17, 15) is 5.26 Å². The van der Waals surface area contributed by atoms with Gasteiger partial charge in [-0.15, -0.1) is 0 Å². The van der Waals surface area contributed by atoms with Gasteiger partial charge in [-0.2, -0.15) is 5.26 Å². The van der Waals surface area contributed by atoms with Gasteiger partial charge in [0, 0.05) is 10.2 Å². The minimum absolute atomic E-state index is 0.523. The summed E-state index contributed by atoms with van der Waals surface area (Å²) in [7, 11) is 0. The van der Waals surface area contributed by atoms with Crippen molar-refractivity contribution < 1.29 is 0 Å². The third-order valence-electron chi connectivity index (χ3n) is 3.53. The number of anilines is 1. The largest absolute Gasteiger partial charge is 0.384 e. The number of nitrogens with zero attached hydrogens (tertiary/aromatic N) is 2. The smallest absolute Gasteiger partial charge is 0.126 e. The molecule has 0 radical (unpaired) electrons. The molecule has 0 amide bonds. The molecule has 0 spiro atoms. The molecule has 0 saturated carbocycles. The van der Waals surface area contributed by atoms with E-state index in [4.69, 9.17) is 5.73 Å². The quantitative estimate of drug-likeness (QED) is 0.914. The third kappa shape index (κ3) is 2.15. The average molecular weight is 318 g/mol. The molecule has 98 valence electrons. The highest BCUT2D eigenvalue weighted by molar-refractivity contribution is 9.10. The molecule has 3 nitrogen and oxygen atoms in total. The number of nitrogens with two attached hydrogens (primary N) is 1. The minimum Gasteiger partial charge on any atom is -0.384 e. The zero-order chi connectivity index (χ0) is 14.2. The van der Waals surface area contributed by atoms with E-state index < -0.39 is 0 Å². The van der Waals surface area contributed by atoms with Gasteiger partial charge < -0.3 is 5.73 Å². The molecule has 1 heterocycles. The second kappa shape index (κ2) is 5.10. The van der Waals surface area contributed by atoms with Crippen molar-refractivity contribution in [2.75, 3.05) is 5.73 Å². The molecule has 1 aromatic carbocycles. The lowest BCUT2D eigenvalue weighted by Gasteiger charge is -2.14. The SMILES string of the molecule is CCc1cc(Br)ccc1-n1c(C)c(C)c(C#N)c1N. The molecule has 0 aliphatic rings. The zero-order valence-electron chi connectivity index (χ0n) is 11.3. The van der Waals surface area contributed by atoms with Crippen LogP contribution in [0.4, 0.5) is 5.82 Å². The number of nitriles is 1. The molecular formula is C15H16BrN3. The van der Waals surface area contributed by atoms with Gasteiger partial charge in [0.2, 0.25) is 0 Å². The number of rotatable bonds is 2. The summed E-state index contributed by atoms with van der Waals surface area (Å²) in [5.74, 6) is 0.523. The first-order valence-electron chi connectivity index (χ1n) is 6.17. The lowest BCUT2D eigenvalue weighted by Crippen LogP contribution is -2.05. The van der Waals surface area contributed by atoms with E-state index in [0.717, 1.165) is 27.8 Å². The Morgan fingerprint density at radius 1 is 1.37 bits per heavy atom. The molecule has 4 heteroatoms.